The van der Waals surface area contributed by atoms with Crippen LogP contribution in [0.2, 0.25) is 0 Å². The van der Waals surface area contributed by atoms with Crippen molar-refractivity contribution in [1.82, 2.24) is 24.9 Å². The van der Waals surface area contributed by atoms with Crippen LogP contribution in [0, 0.1) is 6.57 Å². The summed E-state index contributed by atoms with van der Waals surface area (Å²) in [6.45, 7) is 7.35. The predicted molar refractivity (Wildman–Crippen MR) is 227 cm³/mol. The van der Waals surface area contributed by atoms with Gasteiger partial charge >= 0.3 is 0 Å². The number of aromatic nitrogens is 5. The molecule has 0 saturated carbocycles. The van der Waals surface area contributed by atoms with Gasteiger partial charge in [0, 0.05) is 51.0 Å². The number of benzene rings is 7. The maximum atomic E-state index is 7.35. The van der Waals surface area contributed by atoms with E-state index in [1.165, 1.54) is 0 Å². The minimum absolute atomic E-state index is 0.599. The molecule has 0 N–H and O–H groups in total. The Kier molecular flexibility index (Phi) is 8.09. The molecule has 0 aliphatic heterocycles. The smallest absolute Gasteiger partial charge is 0.187 e. The molecule has 0 aliphatic carbocycles. The van der Waals surface area contributed by atoms with Crippen molar-refractivity contribution in [3.8, 4) is 67.5 Å². The third-order valence-corrected chi connectivity index (χ3v) is 10.2. The molecule has 10 rings (SSSR count). The van der Waals surface area contributed by atoms with Gasteiger partial charge < -0.3 is 0 Å². The van der Waals surface area contributed by atoms with E-state index in [-0.39, 0.29) is 0 Å². The Labute approximate surface area is 323 Å². The molecule has 0 bridgehead atoms. The van der Waals surface area contributed by atoms with Crippen molar-refractivity contribution in [2.24, 2.45) is 0 Å². The van der Waals surface area contributed by atoms with Gasteiger partial charge in [-0.15, -0.1) is 0 Å². The normalized spacial score (nSPS) is 11.2. The van der Waals surface area contributed by atoms with Gasteiger partial charge in [0.15, 0.2) is 23.2 Å². The topological polar surface area (TPSA) is 68.8 Å². The molecule has 0 atom stereocenters. The number of nitrogens with zero attached hydrogens (tertiary/aromatic N) is 6. The molecule has 0 radical (unpaired) electrons. The average Bonchev–Trinajstić information content (AvgIpc) is 3.29. The second kappa shape index (κ2) is 13.8. The van der Waals surface area contributed by atoms with E-state index in [1.54, 1.807) is 0 Å². The highest BCUT2D eigenvalue weighted by Gasteiger charge is 2.18. The zero-order chi connectivity index (χ0) is 37.4. The van der Waals surface area contributed by atoms with Crippen molar-refractivity contribution in [1.29, 1.82) is 0 Å². The van der Waals surface area contributed by atoms with Crippen molar-refractivity contribution < 1.29 is 0 Å². The lowest BCUT2D eigenvalue weighted by atomic mass is 9.90. The zero-order valence-electron chi connectivity index (χ0n) is 30.0. The van der Waals surface area contributed by atoms with Crippen LogP contribution >= 0.6 is 0 Å². The molecule has 0 saturated heterocycles. The van der Waals surface area contributed by atoms with Gasteiger partial charge in [-0.2, -0.15) is 0 Å². The third-order valence-electron chi connectivity index (χ3n) is 10.2. The average molecular weight is 715 g/mol. The van der Waals surface area contributed by atoms with Crippen molar-refractivity contribution in [3.05, 3.63) is 194 Å². The molecule has 3 heterocycles. The van der Waals surface area contributed by atoms with Gasteiger partial charge in [-0.25, -0.2) is 19.8 Å². The van der Waals surface area contributed by atoms with Crippen LogP contribution in [-0.4, -0.2) is 24.9 Å². The van der Waals surface area contributed by atoms with Crippen molar-refractivity contribution in [2.45, 2.75) is 0 Å². The van der Waals surface area contributed by atoms with Crippen LogP contribution in [-0.2, 0) is 0 Å². The number of hydrogen-bond donors (Lipinski definition) is 0. The highest BCUT2D eigenvalue weighted by atomic mass is 15.0. The van der Waals surface area contributed by atoms with E-state index >= 15 is 0 Å². The van der Waals surface area contributed by atoms with Gasteiger partial charge in [0.25, 0.3) is 0 Å². The molecule has 6 nitrogen and oxygen atoms in total. The molecular formula is C50H30N6. The van der Waals surface area contributed by atoms with Gasteiger partial charge in [-0.05, 0) is 69.4 Å². The second-order valence-corrected chi connectivity index (χ2v) is 13.6. The summed E-state index contributed by atoms with van der Waals surface area (Å²) >= 11 is 0. The van der Waals surface area contributed by atoms with Crippen LogP contribution in [0.15, 0.2) is 182 Å². The summed E-state index contributed by atoms with van der Waals surface area (Å²) < 4.78 is 0. The predicted octanol–water partition coefficient (Wildman–Crippen LogP) is 12.7. The Morgan fingerprint density at radius 1 is 0.339 bits per heavy atom. The largest absolute Gasteiger partial charge is 0.256 e. The van der Waals surface area contributed by atoms with Gasteiger partial charge in [-0.1, -0.05) is 133 Å². The van der Waals surface area contributed by atoms with E-state index in [2.05, 4.69) is 77.6 Å². The minimum Gasteiger partial charge on any atom is -0.256 e. The molecule has 56 heavy (non-hydrogen) atoms. The van der Waals surface area contributed by atoms with Crippen LogP contribution < -0.4 is 0 Å². The third kappa shape index (κ3) is 5.90. The zero-order valence-corrected chi connectivity index (χ0v) is 30.0. The minimum atomic E-state index is 0.599. The molecule has 3 aromatic heterocycles. The fourth-order valence-electron chi connectivity index (χ4n) is 7.50. The van der Waals surface area contributed by atoms with Gasteiger partial charge in [0.05, 0.1) is 17.6 Å². The van der Waals surface area contributed by atoms with Crippen LogP contribution in [0.1, 0.15) is 0 Å². The summed E-state index contributed by atoms with van der Waals surface area (Å²) in [4.78, 5) is 28.4. The molecular weight excluding hydrogens is 685 g/mol. The van der Waals surface area contributed by atoms with E-state index in [4.69, 9.17) is 31.5 Å². The molecule has 0 aliphatic rings. The van der Waals surface area contributed by atoms with Crippen LogP contribution in [0.3, 0.4) is 0 Å². The van der Waals surface area contributed by atoms with Crippen molar-refractivity contribution >= 4 is 38.3 Å². The SMILES string of the molecule is [C-]#[N+]c1ccc(-c2cccc(-c3cc4c5cccnc5c(-c5cccc(-c6nc(-c7ccccc7)nc(-c7ccccc7)n6)c5)cc4c4cccnc34)c2)cc1. The van der Waals surface area contributed by atoms with Crippen LogP contribution in [0.4, 0.5) is 5.69 Å². The fourth-order valence-corrected chi connectivity index (χ4v) is 7.50. The Bertz CT molecular complexity index is 3080. The van der Waals surface area contributed by atoms with Gasteiger partial charge in [-0.3, -0.25) is 9.97 Å². The monoisotopic (exact) mass is 714 g/mol. The standard InChI is InChI=1S/C50H30N6/c1-51-39-24-22-32(23-25-39)35-16-8-17-36(28-35)42-30-44-41-21-11-27-53-47(41)43(31-45(44)40-20-10-26-52-46(40)42)37-18-9-19-38(29-37)50-55-48(33-12-4-2-5-13-33)54-49(56-50)34-14-6-3-7-15-34/h2-31H. The summed E-state index contributed by atoms with van der Waals surface area (Å²) in [6.07, 6.45) is 3.72. The van der Waals surface area contributed by atoms with E-state index in [9.17, 15) is 0 Å². The number of hydrogen-bond acceptors (Lipinski definition) is 5. The Morgan fingerprint density at radius 3 is 1.30 bits per heavy atom. The first-order valence-electron chi connectivity index (χ1n) is 18.4. The summed E-state index contributed by atoms with van der Waals surface area (Å²) in [5.41, 5.74) is 11.5. The first-order valence-corrected chi connectivity index (χ1v) is 18.4. The van der Waals surface area contributed by atoms with E-state index < -0.39 is 0 Å². The highest BCUT2D eigenvalue weighted by Crippen LogP contribution is 2.42. The molecule has 7 aromatic carbocycles. The van der Waals surface area contributed by atoms with Crippen molar-refractivity contribution in [2.75, 3.05) is 0 Å². The van der Waals surface area contributed by atoms with Gasteiger partial charge in [0.2, 0.25) is 0 Å². The van der Waals surface area contributed by atoms with E-state index in [0.29, 0.717) is 23.2 Å². The molecule has 6 heteroatoms. The molecule has 0 unspecified atom stereocenters. The Morgan fingerprint density at radius 2 is 0.786 bits per heavy atom. The molecule has 0 amide bonds. The summed E-state index contributed by atoms with van der Waals surface area (Å²) in [7, 11) is 0. The second-order valence-electron chi connectivity index (χ2n) is 13.6. The first-order chi connectivity index (χ1) is 27.7. The van der Waals surface area contributed by atoms with Crippen LogP contribution in [0.5, 0.6) is 0 Å². The number of pyridine rings is 2. The van der Waals surface area contributed by atoms with E-state index in [1.807, 2.05) is 109 Å². The summed E-state index contributed by atoms with van der Waals surface area (Å²) in [5.74, 6) is 1.84. The molecule has 10 aromatic rings. The molecule has 0 spiro atoms. The van der Waals surface area contributed by atoms with Crippen LogP contribution in [0.25, 0.3) is 105 Å². The number of rotatable bonds is 6. The highest BCUT2D eigenvalue weighted by molar-refractivity contribution is 6.22. The maximum absolute atomic E-state index is 7.35. The van der Waals surface area contributed by atoms with Crippen molar-refractivity contribution in [3.63, 3.8) is 0 Å². The lowest BCUT2D eigenvalue weighted by Crippen LogP contribution is -2.00. The fraction of sp³-hybridized carbons (Fsp3) is 0. The lowest BCUT2D eigenvalue weighted by molar-refractivity contribution is 1.07. The first kappa shape index (κ1) is 32.7. The molecule has 0 fully saturated rings. The Hall–Kier alpha value is -7.88. The number of fused-ring (bicyclic) bond motifs is 5. The quantitative estimate of drug-likeness (QED) is 0.127. The maximum Gasteiger partial charge on any atom is 0.187 e. The summed E-state index contributed by atoms with van der Waals surface area (Å²) in [6, 6.07) is 57.6. The van der Waals surface area contributed by atoms with E-state index in [0.717, 1.165) is 82.6 Å². The summed E-state index contributed by atoms with van der Waals surface area (Å²) in [5, 5.41) is 4.32. The lowest BCUT2D eigenvalue weighted by Gasteiger charge is -2.16. The van der Waals surface area contributed by atoms with Gasteiger partial charge in [0.1, 0.15) is 0 Å². The molecule has 260 valence electrons. The Balaban J connectivity index is 1.14.